The fourth-order valence-corrected chi connectivity index (χ4v) is 3.98. The molecule has 0 fully saturated rings. The summed E-state index contributed by atoms with van der Waals surface area (Å²) in [5.41, 5.74) is 0. The van der Waals surface area contributed by atoms with Gasteiger partial charge < -0.3 is 4.42 Å². The molecule has 3 nitrogen and oxygen atoms in total. The van der Waals surface area contributed by atoms with Crippen molar-refractivity contribution < 1.29 is 4.42 Å². The molecule has 5 heteroatoms. The molecule has 0 N–H and O–H groups in total. The first-order valence-electron chi connectivity index (χ1n) is 7.32. The van der Waals surface area contributed by atoms with Gasteiger partial charge in [-0.25, -0.2) is 0 Å². The van der Waals surface area contributed by atoms with Crippen molar-refractivity contribution in [2.24, 2.45) is 0 Å². The minimum absolute atomic E-state index is 0.109. The Bertz CT molecular complexity index is 931. The maximum atomic E-state index is 5.82. The van der Waals surface area contributed by atoms with Crippen molar-refractivity contribution in [2.45, 2.75) is 17.1 Å². The molecule has 0 unspecified atom stereocenters. The van der Waals surface area contributed by atoms with Crippen molar-refractivity contribution in [2.75, 3.05) is 0 Å². The monoisotopic (exact) mass is 338 g/mol. The van der Waals surface area contributed by atoms with Crippen molar-refractivity contribution in [1.29, 1.82) is 0 Å². The molecule has 1 atom stereocenters. The van der Waals surface area contributed by atoms with E-state index in [2.05, 4.69) is 59.6 Å². The van der Waals surface area contributed by atoms with E-state index in [0.717, 1.165) is 4.88 Å². The number of thioether (sulfide) groups is 1. The first kappa shape index (κ1) is 14.5. The number of hydrogen-bond donors (Lipinski definition) is 0. The Morgan fingerprint density at radius 2 is 1.87 bits per heavy atom. The number of fused-ring (bicyclic) bond motifs is 1. The van der Waals surface area contributed by atoms with Crippen LogP contribution in [0.2, 0.25) is 0 Å². The van der Waals surface area contributed by atoms with Crippen molar-refractivity contribution in [3.8, 4) is 10.8 Å². The standard InChI is InChI=1S/C18H14N2OS2/c1-12(17-19-20-18(21-17)16-7-4-10-22-16)23-15-9-8-13-5-2-3-6-14(13)11-15/h2-12H,1H3/t12-/m1/s1. The third-order valence-electron chi connectivity index (χ3n) is 3.55. The highest BCUT2D eigenvalue weighted by Gasteiger charge is 2.16. The molecule has 2 aromatic carbocycles. The summed E-state index contributed by atoms with van der Waals surface area (Å²) in [6, 6.07) is 18.8. The van der Waals surface area contributed by atoms with Gasteiger partial charge in [-0.15, -0.1) is 33.3 Å². The van der Waals surface area contributed by atoms with Crippen LogP contribution in [0.15, 0.2) is 69.3 Å². The van der Waals surface area contributed by atoms with Gasteiger partial charge in [-0.1, -0.05) is 36.4 Å². The van der Waals surface area contributed by atoms with Gasteiger partial charge >= 0.3 is 0 Å². The van der Waals surface area contributed by atoms with Crippen LogP contribution in [-0.2, 0) is 0 Å². The van der Waals surface area contributed by atoms with Gasteiger partial charge in [-0.3, -0.25) is 0 Å². The summed E-state index contributed by atoms with van der Waals surface area (Å²) in [4.78, 5) is 2.21. The molecule has 2 aromatic heterocycles. The van der Waals surface area contributed by atoms with Crippen molar-refractivity contribution in [3.05, 3.63) is 65.9 Å². The number of nitrogens with zero attached hydrogens (tertiary/aromatic N) is 2. The second-order valence-corrected chi connectivity index (χ2v) is 7.55. The lowest BCUT2D eigenvalue weighted by Crippen LogP contribution is -1.88. The molecule has 0 radical (unpaired) electrons. The Morgan fingerprint density at radius 1 is 1.00 bits per heavy atom. The molecule has 2 heterocycles. The van der Waals surface area contributed by atoms with E-state index in [1.807, 2.05) is 17.5 Å². The zero-order chi connectivity index (χ0) is 15.6. The molecule has 0 spiro atoms. The van der Waals surface area contributed by atoms with E-state index in [0.29, 0.717) is 11.8 Å². The highest BCUT2D eigenvalue weighted by molar-refractivity contribution is 7.99. The lowest BCUT2D eigenvalue weighted by atomic mass is 10.1. The van der Waals surface area contributed by atoms with Gasteiger partial charge in [-0.2, -0.15) is 0 Å². The zero-order valence-electron chi connectivity index (χ0n) is 12.5. The maximum Gasteiger partial charge on any atom is 0.257 e. The maximum absolute atomic E-state index is 5.82. The van der Waals surface area contributed by atoms with Crippen molar-refractivity contribution in [3.63, 3.8) is 0 Å². The first-order valence-corrected chi connectivity index (χ1v) is 9.08. The van der Waals surface area contributed by atoms with Gasteiger partial charge in [-0.05, 0) is 41.3 Å². The number of rotatable bonds is 4. The van der Waals surface area contributed by atoms with Crippen molar-refractivity contribution in [1.82, 2.24) is 10.2 Å². The molecule has 0 aliphatic rings. The average molecular weight is 338 g/mol. The summed E-state index contributed by atoms with van der Waals surface area (Å²) < 4.78 is 5.82. The summed E-state index contributed by atoms with van der Waals surface area (Å²) in [5, 5.41) is 13.0. The Morgan fingerprint density at radius 3 is 2.70 bits per heavy atom. The first-order chi connectivity index (χ1) is 11.3. The van der Waals surface area contributed by atoms with E-state index in [1.54, 1.807) is 23.1 Å². The molecule has 0 aliphatic heterocycles. The summed E-state index contributed by atoms with van der Waals surface area (Å²) in [7, 11) is 0. The van der Waals surface area contributed by atoms with Crippen LogP contribution in [0.25, 0.3) is 21.5 Å². The zero-order valence-corrected chi connectivity index (χ0v) is 14.1. The van der Waals surface area contributed by atoms with Crippen LogP contribution in [0.4, 0.5) is 0 Å². The predicted molar refractivity (Wildman–Crippen MR) is 95.8 cm³/mol. The molecular weight excluding hydrogens is 324 g/mol. The van der Waals surface area contributed by atoms with Gasteiger partial charge in [0.15, 0.2) is 0 Å². The molecule has 0 saturated carbocycles. The highest BCUT2D eigenvalue weighted by atomic mass is 32.2. The second-order valence-electron chi connectivity index (χ2n) is 5.19. The van der Waals surface area contributed by atoms with Crippen LogP contribution in [0.5, 0.6) is 0 Å². The van der Waals surface area contributed by atoms with E-state index in [-0.39, 0.29) is 5.25 Å². The van der Waals surface area contributed by atoms with E-state index in [4.69, 9.17) is 4.42 Å². The lowest BCUT2D eigenvalue weighted by molar-refractivity contribution is 0.510. The molecule has 114 valence electrons. The van der Waals surface area contributed by atoms with E-state index in [1.165, 1.54) is 15.7 Å². The smallest absolute Gasteiger partial charge is 0.257 e. The Hall–Kier alpha value is -2.11. The third-order valence-corrected chi connectivity index (χ3v) is 5.49. The minimum Gasteiger partial charge on any atom is -0.419 e. The van der Waals surface area contributed by atoms with E-state index >= 15 is 0 Å². The number of hydrogen-bond acceptors (Lipinski definition) is 5. The van der Waals surface area contributed by atoms with E-state index in [9.17, 15) is 0 Å². The quantitative estimate of drug-likeness (QED) is 0.440. The number of thiophene rings is 1. The van der Waals surface area contributed by atoms with Gasteiger partial charge in [0, 0.05) is 4.90 Å². The third kappa shape index (κ3) is 3.02. The molecule has 0 amide bonds. The van der Waals surface area contributed by atoms with Gasteiger partial charge in [0.2, 0.25) is 5.89 Å². The fourth-order valence-electron chi connectivity index (χ4n) is 2.39. The summed E-state index contributed by atoms with van der Waals surface area (Å²) >= 11 is 3.33. The molecule has 0 aliphatic carbocycles. The van der Waals surface area contributed by atoms with Gasteiger partial charge in [0.1, 0.15) is 0 Å². The topological polar surface area (TPSA) is 38.9 Å². The van der Waals surface area contributed by atoms with Crippen molar-refractivity contribution >= 4 is 33.9 Å². The Kier molecular flexibility index (Phi) is 3.89. The van der Waals surface area contributed by atoms with Crippen LogP contribution in [-0.4, -0.2) is 10.2 Å². The van der Waals surface area contributed by atoms with Crippen LogP contribution in [0.1, 0.15) is 18.1 Å². The molecule has 0 bridgehead atoms. The predicted octanol–water partition coefficient (Wildman–Crippen LogP) is 5.80. The number of aromatic nitrogens is 2. The van der Waals surface area contributed by atoms with Gasteiger partial charge in [0.25, 0.3) is 5.89 Å². The number of benzene rings is 2. The summed E-state index contributed by atoms with van der Waals surface area (Å²) in [6.45, 7) is 2.09. The summed E-state index contributed by atoms with van der Waals surface area (Å²) in [5.74, 6) is 1.26. The minimum atomic E-state index is 0.109. The fraction of sp³-hybridized carbons (Fsp3) is 0.111. The van der Waals surface area contributed by atoms with Crippen LogP contribution in [0.3, 0.4) is 0 Å². The molecule has 23 heavy (non-hydrogen) atoms. The molecular formula is C18H14N2OS2. The molecule has 4 rings (SSSR count). The SMILES string of the molecule is C[C@@H](Sc1ccc2ccccc2c1)c1nnc(-c2cccs2)o1. The van der Waals surface area contributed by atoms with Crippen LogP contribution >= 0.6 is 23.1 Å². The van der Waals surface area contributed by atoms with Crippen LogP contribution in [0, 0.1) is 0 Å². The van der Waals surface area contributed by atoms with E-state index < -0.39 is 0 Å². The molecule has 4 aromatic rings. The Labute approximate surface area is 142 Å². The molecule has 0 saturated heterocycles. The van der Waals surface area contributed by atoms with Crippen LogP contribution < -0.4 is 0 Å². The highest BCUT2D eigenvalue weighted by Crippen LogP contribution is 2.36. The normalized spacial score (nSPS) is 12.6. The second kappa shape index (κ2) is 6.18. The Balaban J connectivity index is 1.55. The lowest BCUT2D eigenvalue weighted by Gasteiger charge is -2.07. The van der Waals surface area contributed by atoms with Gasteiger partial charge in [0.05, 0.1) is 10.1 Å². The summed E-state index contributed by atoms with van der Waals surface area (Å²) in [6.07, 6.45) is 0. The average Bonchev–Trinajstić information content (AvgIpc) is 3.26. The largest absolute Gasteiger partial charge is 0.419 e.